The van der Waals surface area contributed by atoms with E-state index in [1.54, 1.807) is 0 Å². The van der Waals surface area contributed by atoms with Crippen molar-refractivity contribution in [2.24, 2.45) is 0 Å². The average Bonchev–Trinajstić information content (AvgIpc) is 2.69. The van der Waals surface area contributed by atoms with Crippen LogP contribution in [0.15, 0.2) is 0 Å². The van der Waals surface area contributed by atoms with Gasteiger partial charge in [0.25, 0.3) is 0 Å². The number of nitrogens with zero attached hydrogens (tertiary/aromatic N) is 1. The van der Waals surface area contributed by atoms with E-state index in [1.807, 2.05) is 0 Å². The summed E-state index contributed by atoms with van der Waals surface area (Å²) in [6, 6.07) is 0. The Bertz CT molecular complexity index is 422. The molecule has 1 amide bonds. The Morgan fingerprint density at radius 1 is 0.806 bits per heavy atom. The standard InChI is InChI=1S/C24H48N2O4.Na.H/c1-3-4-5-6-7-8-9-10-11-12-13-14-15-16-17-18-23(28)25-19-20-26(22(2)27)21-24(29)30;;/h22,27H,3-21H2,1-2H3,(H,25,28)(H,29,30);;. The first-order chi connectivity index (χ1) is 14.5. The van der Waals surface area contributed by atoms with Gasteiger partial charge in [-0.15, -0.1) is 0 Å². The van der Waals surface area contributed by atoms with Crippen LogP contribution in [0.3, 0.4) is 0 Å². The van der Waals surface area contributed by atoms with Crippen molar-refractivity contribution >= 4 is 41.4 Å². The van der Waals surface area contributed by atoms with Crippen LogP contribution < -0.4 is 5.32 Å². The number of carbonyl (C=O) groups is 2. The Kier molecular flexibility index (Phi) is 26.1. The SMILES string of the molecule is CCCCCCCCCCCCCCCCCC(=O)NCCN(CC(=O)O)C(C)O.[NaH]. The van der Waals surface area contributed by atoms with Crippen molar-refractivity contribution < 1.29 is 19.8 Å². The monoisotopic (exact) mass is 452 g/mol. The molecule has 180 valence electrons. The summed E-state index contributed by atoms with van der Waals surface area (Å²) in [5.74, 6) is -0.981. The summed E-state index contributed by atoms with van der Waals surface area (Å²) in [5.41, 5.74) is 0. The molecule has 0 bridgehead atoms. The van der Waals surface area contributed by atoms with Crippen molar-refractivity contribution in [1.29, 1.82) is 0 Å². The Morgan fingerprint density at radius 2 is 1.23 bits per heavy atom. The molecular formula is C24H49N2NaO4. The fourth-order valence-electron chi connectivity index (χ4n) is 3.66. The van der Waals surface area contributed by atoms with E-state index >= 15 is 0 Å². The van der Waals surface area contributed by atoms with Crippen molar-refractivity contribution in [3.05, 3.63) is 0 Å². The van der Waals surface area contributed by atoms with Crippen molar-refractivity contribution in [1.82, 2.24) is 10.2 Å². The number of carbonyl (C=O) groups excluding carboxylic acids is 1. The first kappa shape index (κ1) is 33.0. The fourth-order valence-corrected chi connectivity index (χ4v) is 3.66. The summed E-state index contributed by atoms with van der Waals surface area (Å²) >= 11 is 0. The Hall–Kier alpha value is -0.140. The van der Waals surface area contributed by atoms with E-state index in [1.165, 1.54) is 95.3 Å². The number of aliphatic carboxylic acids is 1. The first-order valence-corrected chi connectivity index (χ1v) is 12.4. The topological polar surface area (TPSA) is 89.9 Å². The molecule has 1 atom stereocenters. The summed E-state index contributed by atoms with van der Waals surface area (Å²) in [6.45, 7) is 4.25. The van der Waals surface area contributed by atoms with E-state index in [0.29, 0.717) is 19.5 Å². The normalized spacial score (nSPS) is 11.9. The molecule has 0 aliphatic carbocycles. The number of unbranched alkanes of at least 4 members (excludes halogenated alkanes) is 14. The molecule has 3 N–H and O–H groups in total. The Balaban J connectivity index is 0. The van der Waals surface area contributed by atoms with Crippen LogP contribution in [-0.4, -0.2) is 82.4 Å². The molecule has 0 aliphatic rings. The van der Waals surface area contributed by atoms with E-state index < -0.39 is 12.2 Å². The zero-order chi connectivity index (χ0) is 22.5. The van der Waals surface area contributed by atoms with Crippen molar-refractivity contribution in [2.75, 3.05) is 19.6 Å². The summed E-state index contributed by atoms with van der Waals surface area (Å²) in [6.07, 6.45) is 19.3. The van der Waals surface area contributed by atoms with Gasteiger partial charge in [-0.3, -0.25) is 14.5 Å². The van der Waals surface area contributed by atoms with Gasteiger partial charge in [0, 0.05) is 19.5 Å². The quantitative estimate of drug-likeness (QED) is 0.128. The number of carboxylic acids is 1. The number of carboxylic acid groups (broad SMARTS) is 1. The molecule has 0 saturated heterocycles. The van der Waals surface area contributed by atoms with Crippen LogP contribution >= 0.6 is 0 Å². The van der Waals surface area contributed by atoms with Gasteiger partial charge in [-0.05, 0) is 13.3 Å². The molecule has 0 aromatic rings. The first-order valence-electron chi connectivity index (χ1n) is 12.4. The molecule has 0 saturated carbocycles. The molecule has 0 aliphatic heterocycles. The maximum atomic E-state index is 11.8. The van der Waals surface area contributed by atoms with Crippen molar-refractivity contribution in [3.63, 3.8) is 0 Å². The number of amides is 1. The molecule has 6 nitrogen and oxygen atoms in total. The third-order valence-electron chi connectivity index (χ3n) is 5.60. The molecule has 0 radical (unpaired) electrons. The minimum atomic E-state index is -0.986. The summed E-state index contributed by atoms with van der Waals surface area (Å²) in [5, 5.41) is 21.1. The summed E-state index contributed by atoms with van der Waals surface area (Å²) in [4.78, 5) is 24.0. The fraction of sp³-hybridized carbons (Fsp3) is 0.917. The number of nitrogens with one attached hydrogen (secondary N) is 1. The van der Waals surface area contributed by atoms with Crippen molar-refractivity contribution in [2.45, 2.75) is 123 Å². The summed E-state index contributed by atoms with van der Waals surface area (Å²) < 4.78 is 0. The van der Waals surface area contributed by atoms with Gasteiger partial charge >= 0.3 is 35.5 Å². The Labute approximate surface area is 213 Å². The number of hydrogen-bond acceptors (Lipinski definition) is 4. The van der Waals surface area contributed by atoms with Crippen molar-refractivity contribution in [3.8, 4) is 0 Å². The third-order valence-corrected chi connectivity index (χ3v) is 5.60. The zero-order valence-electron chi connectivity index (χ0n) is 19.7. The molecule has 0 rings (SSSR count). The number of rotatable bonds is 22. The van der Waals surface area contributed by atoms with Gasteiger partial charge in [-0.25, -0.2) is 0 Å². The van der Waals surface area contributed by atoms with Crippen LogP contribution in [0.25, 0.3) is 0 Å². The van der Waals surface area contributed by atoms with E-state index in [2.05, 4.69) is 12.2 Å². The molecule has 31 heavy (non-hydrogen) atoms. The van der Waals surface area contributed by atoms with Gasteiger partial charge in [0.2, 0.25) is 5.91 Å². The molecule has 0 fully saturated rings. The van der Waals surface area contributed by atoms with E-state index in [0.717, 1.165) is 12.8 Å². The molecule has 0 aromatic carbocycles. The van der Waals surface area contributed by atoms with E-state index in [-0.39, 0.29) is 42.0 Å². The van der Waals surface area contributed by atoms with Gasteiger partial charge in [0.1, 0.15) is 6.23 Å². The van der Waals surface area contributed by atoms with Crippen LogP contribution in [0, 0.1) is 0 Å². The van der Waals surface area contributed by atoms with Gasteiger partial charge in [-0.1, -0.05) is 96.8 Å². The van der Waals surface area contributed by atoms with E-state index in [4.69, 9.17) is 5.11 Å². The second-order valence-corrected chi connectivity index (χ2v) is 8.55. The third kappa shape index (κ3) is 24.3. The van der Waals surface area contributed by atoms with Crippen LogP contribution in [0.2, 0.25) is 0 Å². The number of hydrogen-bond donors (Lipinski definition) is 3. The molecule has 0 aromatic heterocycles. The summed E-state index contributed by atoms with van der Waals surface area (Å²) in [7, 11) is 0. The predicted molar refractivity (Wildman–Crippen MR) is 131 cm³/mol. The maximum absolute atomic E-state index is 11.8. The van der Waals surface area contributed by atoms with Gasteiger partial charge in [0.05, 0.1) is 6.54 Å². The minimum absolute atomic E-state index is 0. The second-order valence-electron chi connectivity index (χ2n) is 8.55. The number of aliphatic hydroxyl groups is 1. The molecular weight excluding hydrogens is 403 g/mol. The van der Waals surface area contributed by atoms with Gasteiger partial charge in [0.15, 0.2) is 0 Å². The molecule has 0 heterocycles. The second kappa shape index (κ2) is 24.5. The van der Waals surface area contributed by atoms with E-state index in [9.17, 15) is 14.7 Å². The Morgan fingerprint density at radius 3 is 1.61 bits per heavy atom. The molecule has 0 spiro atoms. The van der Waals surface area contributed by atoms with Gasteiger partial charge in [-0.2, -0.15) is 0 Å². The number of aliphatic hydroxyl groups excluding tert-OH is 1. The van der Waals surface area contributed by atoms with Gasteiger partial charge < -0.3 is 15.5 Å². The van der Waals surface area contributed by atoms with Crippen LogP contribution in [0.4, 0.5) is 0 Å². The predicted octanol–water partition coefficient (Wildman–Crippen LogP) is 4.44. The molecule has 7 heteroatoms. The average molecular weight is 453 g/mol. The molecule has 1 unspecified atom stereocenters. The van der Waals surface area contributed by atoms with Crippen LogP contribution in [0.5, 0.6) is 0 Å². The van der Waals surface area contributed by atoms with Crippen LogP contribution in [0.1, 0.15) is 117 Å². The zero-order valence-corrected chi connectivity index (χ0v) is 19.7. The van der Waals surface area contributed by atoms with Crippen LogP contribution in [-0.2, 0) is 9.59 Å².